The van der Waals surface area contributed by atoms with Gasteiger partial charge in [-0.1, -0.05) is 6.92 Å². The molecule has 0 aromatic rings. The van der Waals surface area contributed by atoms with Crippen molar-refractivity contribution in [1.29, 1.82) is 0 Å². The number of carbonyl (C=O) groups is 3. The van der Waals surface area contributed by atoms with Gasteiger partial charge in [0.25, 0.3) is 0 Å². The molecule has 0 spiro atoms. The summed E-state index contributed by atoms with van der Waals surface area (Å²) in [5.41, 5.74) is 5.40. The van der Waals surface area contributed by atoms with E-state index in [9.17, 15) is 14.4 Å². The van der Waals surface area contributed by atoms with E-state index in [4.69, 9.17) is 15.9 Å². The van der Waals surface area contributed by atoms with Crippen LogP contribution in [0, 0.1) is 0 Å². The number of nitrogens with one attached hydrogen (secondary N) is 1. The summed E-state index contributed by atoms with van der Waals surface area (Å²) in [6.07, 6.45) is 0.00237. The molecule has 1 amide bonds. The summed E-state index contributed by atoms with van der Waals surface area (Å²) < 4.78 is 0. The lowest BCUT2D eigenvalue weighted by atomic mass is 10.1. The Balaban J connectivity index is 4.13. The Morgan fingerprint density at radius 1 is 1.31 bits per heavy atom. The van der Waals surface area contributed by atoms with Crippen molar-refractivity contribution in [3.05, 3.63) is 0 Å². The van der Waals surface area contributed by atoms with Crippen LogP contribution in [0.2, 0.25) is 0 Å². The number of aliphatic carboxylic acids is 2. The van der Waals surface area contributed by atoms with E-state index >= 15 is 0 Å². The first-order valence-corrected chi connectivity index (χ1v) is 4.89. The fourth-order valence-electron chi connectivity index (χ4n) is 1.03. The van der Waals surface area contributed by atoms with Crippen LogP contribution in [-0.4, -0.2) is 40.1 Å². The van der Waals surface area contributed by atoms with Gasteiger partial charge in [-0.15, -0.1) is 0 Å². The first kappa shape index (κ1) is 14.4. The molecule has 2 atom stereocenters. The molecule has 0 aliphatic carbocycles. The monoisotopic (exact) mass is 232 g/mol. The van der Waals surface area contributed by atoms with Gasteiger partial charge < -0.3 is 21.3 Å². The highest BCUT2D eigenvalue weighted by atomic mass is 16.4. The molecule has 0 fully saturated rings. The van der Waals surface area contributed by atoms with Crippen LogP contribution >= 0.6 is 0 Å². The van der Waals surface area contributed by atoms with Crippen molar-refractivity contribution in [2.75, 3.05) is 0 Å². The van der Waals surface area contributed by atoms with Crippen LogP contribution in [0.5, 0.6) is 0 Å². The van der Waals surface area contributed by atoms with Gasteiger partial charge in [0.1, 0.15) is 6.04 Å². The molecule has 7 heteroatoms. The normalized spacial score (nSPS) is 13.9. The average Bonchev–Trinajstić information content (AvgIpc) is 2.21. The predicted octanol–water partition coefficient (Wildman–Crippen LogP) is -0.842. The maximum atomic E-state index is 11.3. The highest BCUT2D eigenvalue weighted by Gasteiger charge is 2.21. The topological polar surface area (TPSA) is 130 Å². The van der Waals surface area contributed by atoms with E-state index in [1.165, 1.54) is 0 Å². The molecule has 7 nitrogen and oxygen atoms in total. The standard InChI is InChI=1S/C9H16N2O5/c1-2-6(9(15)16)11-8(14)5(10)3-4-7(12)13/h5-6H,2-4,10H2,1H3,(H,11,14)(H,12,13)(H,15,16)/t5-,6-/m0/s1. The van der Waals surface area contributed by atoms with E-state index in [-0.39, 0.29) is 19.3 Å². The number of carbonyl (C=O) groups excluding carboxylic acids is 1. The van der Waals surface area contributed by atoms with Gasteiger partial charge in [-0.05, 0) is 12.8 Å². The van der Waals surface area contributed by atoms with Gasteiger partial charge in [-0.3, -0.25) is 9.59 Å². The zero-order chi connectivity index (χ0) is 12.7. The minimum Gasteiger partial charge on any atom is -0.481 e. The Morgan fingerprint density at radius 2 is 1.88 bits per heavy atom. The van der Waals surface area contributed by atoms with Crippen molar-refractivity contribution in [1.82, 2.24) is 5.32 Å². The average molecular weight is 232 g/mol. The van der Waals surface area contributed by atoms with Gasteiger partial charge in [-0.2, -0.15) is 0 Å². The Labute approximate surface area is 92.6 Å². The van der Waals surface area contributed by atoms with Crippen molar-refractivity contribution in [3.63, 3.8) is 0 Å². The fourth-order valence-corrected chi connectivity index (χ4v) is 1.03. The van der Waals surface area contributed by atoms with E-state index in [1.807, 2.05) is 0 Å². The Morgan fingerprint density at radius 3 is 2.25 bits per heavy atom. The molecule has 0 saturated carbocycles. The molecule has 16 heavy (non-hydrogen) atoms. The maximum absolute atomic E-state index is 11.3. The lowest BCUT2D eigenvalue weighted by Gasteiger charge is -2.15. The van der Waals surface area contributed by atoms with E-state index in [0.29, 0.717) is 0 Å². The zero-order valence-electron chi connectivity index (χ0n) is 8.97. The summed E-state index contributed by atoms with van der Waals surface area (Å²) in [6.45, 7) is 1.61. The number of nitrogens with two attached hydrogens (primary N) is 1. The Bertz CT molecular complexity index is 279. The molecular weight excluding hydrogens is 216 g/mol. The van der Waals surface area contributed by atoms with Crippen molar-refractivity contribution in [2.24, 2.45) is 5.73 Å². The number of amides is 1. The van der Waals surface area contributed by atoms with Crippen LogP contribution < -0.4 is 11.1 Å². The SMILES string of the molecule is CC[C@H](NC(=O)[C@@H](N)CCC(=O)O)C(=O)O. The zero-order valence-corrected chi connectivity index (χ0v) is 8.97. The quantitative estimate of drug-likeness (QED) is 0.452. The molecule has 5 N–H and O–H groups in total. The van der Waals surface area contributed by atoms with E-state index in [0.717, 1.165) is 0 Å². The molecule has 0 aromatic carbocycles. The largest absolute Gasteiger partial charge is 0.481 e. The molecule has 0 unspecified atom stereocenters. The van der Waals surface area contributed by atoms with Crippen molar-refractivity contribution in [3.8, 4) is 0 Å². The second-order valence-corrected chi connectivity index (χ2v) is 3.35. The van der Waals surface area contributed by atoms with Crippen LogP contribution in [0.1, 0.15) is 26.2 Å². The first-order valence-electron chi connectivity index (χ1n) is 4.89. The fraction of sp³-hybridized carbons (Fsp3) is 0.667. The molecule has 92 valence electrons. The molecule has 0 radical (unpaired) electrons. The molecule has 0 aliphatic heterocycles. The lowest BCUT2D eigenvalue weighted by molar-refractivity contribution is -0.142. The second-order valence-electron chi connectivity index (χ2n) is 3.35. The summed E-state index contributed by atoms with van der Waals surface area (Å²) in [7, 11) is 0. The third-order valence-corrected chi connectivity index (χ3v) is 2.03. The van der Waals surface area contributed by atoms with Crippen LogP contribution in [0.3, 0.4) is 0 Å². The van der Waals surface area contributed by atoms with E-state index in [1.54, 1.807) is 6.92 Å². The van der Waals surface area contributed by atoms with Gasteiger partial charge in [0.15, 0.2) is 0 Å². The van der Waals surface area contributed by atoms with Crippen molar-refractivity contribution >= 4 is 17.8 Å². The molecule has 0 bridgehead atoms. The van der Waals surface area contributed by atoms with Crippen molar-refractivity contribution < 1.29 is 24.6 Å². The summed E-state index contributed by atoms with van der Waals surface area (Å²) in [5.74, 6) is -2.83. The third-order valence-electron chi connectivity index (χ3n) is 2.03. The number of hydrogen-bond donors (Lipinski definition) is 4. The number of carboxylic acid groups (broad SMARTS) is 2. The van der Waals surface area contributed by atoms with E-state index in [2.05, 4.69) is 5.32 Å². The molecule has 0 heterocycles. The highest BCUT2D eigenvalue weighted by Crippen LogP contribution is 1.97. The van der Waals surface area contributed by atoms with Gasteiger partial charge in [0.05, 0.1) is 6.04 Å². The van der Waals surface area contributed by atoms with Crippen LogP contribution in [0.25, 0.3) is 0 Å². The smallest absolute Gasteiger partial charge is 0.326 e. The summed E-state index contributed by atoms with van der Waals surface area (Å²) >= 11 is 0. The third kappa shape index (κ3) is 5.30. The lowest BCUT2D eigenvalue weighted by Crippen LogP contribution is -2.48. The van der Waals surface area contributed by atoms with E-state index < -0.39 is 29.9 Å². The number of carboxylic acids is 2. The van der Waals surface area contributed by atoms with Crippen molar-refractivity contribution in [2.45, 2.75) is 38.3 Å². The second kappa shape index (κ2) is 6.78. The molecule has 0 aliphatic rings. The van der Waals surface area contributed by atoms with Crippen LogP contribution in [0.15, 0.2) is 0 Å². The number of hydrogen-bond acceptors (Lipinski definition) is 4. The van der Waals surface area contributed by atoms with Gasteiger partial charge in [-0.25, -0.2) is 4.79 Å². The minimum absolute atomic E-state index is 0.0166. The van der Waals surface area contributed by atoms with Gasteiger partial charge >= 0.3 is 11.9 Å². The summed E-state index contributed by atoms with van der Waals surface area (Å²) in [4.78, 5) is 32.2. The summed E-state index contributed by atoms with van der Waals surface area (Å²) in [5, 5.41) is 19.3. The van der Waals surface area contributed by atoms with Crippen LogP contribution in [0.4, 0.5) is 0 Å². The Hall–Kier alpha value is -1.63. The molecule has 0 saturated heterocycles. The van der Waals surface area contributed by atoms with Crippen LogP contribution in [-0.2, 0) is 14.4 Å². The molecular formula is C9H16N2O5. The Kier molecular flexibility index (Phi) is 6.09. The summed E-state index contributed by atoms with van der Waals surface area (Å²) in [6, 6.07) is -1.98. The maximum Gasteiger partial charge on any atom is 0.326 e. The molecule has 0 rings (SSSR count). The highest BCUT2D eigenvalue weighted by molar-refractivity contribution is 5.87. The van der Waals surface area contributed by atoms with Gasteiger partial charge in [0, 0.05) is 6.42 Å². The first-order chi connectivity index (χ1) is 7.38. The molecule has 0 aromatic heterocycles. The predicted molar refractivity (Wildman–Crippen MR) is 54.7 cm³/mol. The number of rotatable bonds is 7. The minimum atomic E-state index is -1.14. The van der Waals surface area contributed by atoms with Gasteiger partial charge in [0.2, 0.25) is 5.91 Å².